The van der Waals surface area contributed by atoms with Gasteiger partial charge in [0.25, 0.3) is 0 Å². The van der Waals surface area contributed by atoms with Crippen LogP contribution in [-0.4, -0.2) is 36.9 Å². The second-order valence-corrected chi connectivity index (χ2v) is 2.75. The first-order valence-corrected chi connectivity index (χ1v) is 4.10. The molecule has 2 atom stereocenters. The van der Waals surface area contributed by atoms with Crippen LogP contribution in [0.2, 0.25) is 0 Å². The summed E-state index contributed by atoms with van der Waals surface area (Å²) in [6.45, 7) is 4.30. The highest BCUT2D eigenvalue weighted by molar-refractivity contribution is 5.73. The van der Waals surface area contributed by atoms with Gasteiger partial charge < -0.3 is 15.2 Å². The van der Waals surface area contributed by atoms with Gasteiger partial charge in [-0.1, -0.05) is 6.92 Å². The lowest BCUT2D eigenvalue weighted by atomic mass is 10.2. The summed E-state index contributed by atoms with van der Waals surface area (Å²) in [6, 6.07) is -0.456. The van der Waals surface area contributed by atoms with E-state index in [0.717, 1.165) is 0 Å². The fourth-order valence-electron chi connectivity index (χ4n) is 0.798. The molecule has 0 spiro atoms. The van der Waals surface area contributed by atoms with Gasteiger partial charge in [0.1, 0.15) is 6.04 Å². The van der Waals surface area contributed by atoms with Crippen LogP contribution in [0.4, 0.5) is 0 Å². The lowest BCUT2D eigenvalue weighted by molar-refractivity contribution is -0.139. The zero-order chi connectivity index (χ0) is 9.56. The van der Waals surface area contributed by atoms with Crippen molar-refractivity contribution >= 4 is 5.97 Å². The van der Waals surface area contributed by atoms with Crippen LogP contribution in [0.15, 0.2) is 0 Å². The number of nitrogens with one attached hydrogen (secondary N) is 1. The van der Waals surface area contributed by atoms with E-state index in [9.17, 15) is 4.79 Å². The van der Waals surface area contributed by atoms with Crippen LogP contribution in [0.5, 0.6) is 0 Å². The number of hydrogen-bond donors (Lipinski definition) is 2. The van der Waals surface area contributed by atoms with Gasteiger partial charge in [-0.3, -0.25) is 4.79 Å². The lowest BCUT2D eigenvalue weighted by Crippen LogP contribution is -2.40. The zero-order valence-corrected chi connectivity index (χ0v) is 7.83. The average molecular weight is 175 g/mol. The predicted octanol–water partition coefficient (Wildman–Crippen LogP) is 0.474. The minimum atomic E-state index is -0.805. The van der Waals surface area contributed by atoms with E-state index in [1.165, 1.54) is 0 Å². The van der Waals surface area contributed by atoms with E-state index >= 15 is 0 Å². The molecule has 0 aliphatic carbocycles. The van der Waals surface area contributed by atoms with Gasteiger partial charge in [0.05, 0.1) is 6.10 Å². The van der Waals surface area contributed by atoms with Crippen molar-refractivity contribution in [3.05, 3.63) is 0 Å². The maximum atomic E-state index is 10.5. The Labute approximate surface area is 72.9 Å². The molecule has 0 aromatic rings. The number of rotatable bonds is 6. The normalized spacial score (nSPS) is 15.6. The van der Waals surface area contributed by atoms with Gasteiger partial charge in [0, 0.05) is 13.7 Å². The van der Waals surface area contributed by atoms with E-state index in [2.05, 4.69) is 5.32 Å². The highest BCUT2D eigenvalue weighted by Crippen LogP contribution is 1.92. The number of carboxylic acid groups (broad SMARTS) is 1. The second-order valence-electron chi connectivity index (χ2n) is 2.75. The standard InChI is InChI=1S/C8H17NO3/c1-4-7(8(10)11)9-5-6(2)12-3/h6-7,9H,4-5H2,1-3H3,(H,10,11). The highest BCUT2D eigenvalue weighted by Gasteiger charge is 2.14. The molecule has 2 unspecified atom stereocenters. The highest BCUT2D eigenvalue weighted by atomic mass is 16.5. The summed E-state index contributed by atoms with van der Waals surface area (Å²) in [5.41, 5.74) is 0. The van der Waals surface area contributed by atoms with Crippen LogP contribution in [0.3, 0.4) is 0 Å². The van der Waals surface area contributed by atoms with Crippen LogP contribution in [0.25, 0.3) is 0 Å². The third-order valence-electron chi connectivity index (χ3n) is 1.76. The number of methoxy groups -OCH3 is 1. The minimum absolute atomic E-state index is 0.0541. The van der Waals surface area contributed by atoms with Gasteiger partial charge in [0.2, 0.25) is 0 Å². The van der Waals surface area contributed by atoms with E-state index in [-0.39, 0.29) is 6.10 Å². The first-order valence-electron chi connectivity index (χ1n) is 4.10. The van der Waals surface area contributed by atoms with Crippen molar-refractivity contribution in [3.8, 4) is 0 Å². The Morgan fingerprint density at radius 3 is 2.58 bits per heavy atom. The number of carbonyl (C=O) groups is 1. The van der Waals surface area contributed by atoms with Gasteiger partial charge in [-0.15, -0.1) is 0 Å². The minimum Gasteiger partial charge on any atom is -0.480 e. The van der Waals surface area contributed by atoms with Gasteiger partial charge in [0.15, 0.2) is 0 Å². The molecule has 0 radical (unpaired) electrons. The van der Waals surface area contributed by atoms with Crippen molar-refractivity contribution in [1.82, 2.24) is 5.32 Å². The maximum absolute atomic E-state index is 10.5. The predicted molar refractivity (Wildman–Crippen MR) is 46.2 cm³/mol. The molecular weight excluding hydrogens is 158 g/mol. The van der Waals surface area contributed by atoms with Crippen LogP contribution >= 0.6 is 0 Å². The van der Waals surface area contributed by atoms with Gasteiger partial charge in [-0.05, 0) is 13.3 Å². The van der Waals surface area contributed by atoms with Crippen molar-refractivity contribution in [1.29, 1.82) is 0 Å². The van der Waals surface area contributed by atoms with Crippen molar-refractivity contribution in [3.63, 3.8) is 0 Å². The molecule has 4 heteroatoms. The Kier molecular flexibility index (Phi) is 5.66. The zero-order valence-electron chi connectivity index (χ0n) is 7.83. The summed E-state index contributed by atoms with van der Waals surface area (Å²) in [5.74, 6) is -0.805. The smallest absolute Gasteiger partial charge is 0.320 e. The number of carboxylic acids is 1. The Morgan fingerprint density at radius 1 is 1.67 bits per heavy atom. The molecular formula is C8H17NO3. The molecule has 12 heavy (non-hydrogen) atoms. The summed E-state index contributed by atoms with van der Waals surface area (Å²) < 4.78 is 4.97. The summed E-state index contributed by atoms with van der Waals surface area (Å²) in [4.78, 5) is 10.5. The molecule has 0 bridgehead atoms. The number of aliphatic carboxylic acids is 1. The topological polar surface area (TPSA) is 58.6 Å². The van der Waals surface area contributed by atoms with Crippen LogP contribution in [-0.2, 0) is 9.53 Å². The molecule has 2 N–H and O–H groups in total. The van der Waals surface area contributed by atoms with Crippen molar-refractivity contribution in [2.75, 3.05) is 13.7 Å². The van der Waals surface area contributed by atoms with Gasteiger partial charge in [-0.2, -0.15) is 0 Å². The summed E-state index contributed by atoms with van der Waals surface area (Å²) >= 11 is 0. The molecule has 0 saturated heterocycles. The van der Waals surface area contributed by atoms with Crippen molar-refractivity contribution in [2.24, 2.45) is 0 Å². The van der Waals surface area contributed by atoms with E-state index in [1.54, 1.807) is 7.11 Å². The molecule has 0 aromatic carbocycles. The molecule has 0 heterocycles. The molecule has 0 fully saturated rings. The Bertz CT molecular complexity index is 138. The largest absolute Gasteiger partial charge is 0.480 e. The van der Waals surface area contributed by atoms with Crippen LogP contribution in [0, 0.1) is 0 Å². The van der Waals surface area contributed by atoms with Gasteiger partial charge in [-0.25, -0.2) is 0 Å². The lowest BCUT2D eigenvalue weighted by Gasteiger charge is -2.15. The maximum Gasteiger partial charge on any atom is 0.320 e. The summed E-state index contributed by atoms with van der Waals surface area (Å²) in [7, 11) is 1.61. The first-order chi connectivity index (χ1) is 5.61. The average Bonchev–Trinajstić information content (AvgIpc) is 2.04. The van der Waals surface area contributed by atoms with E-state index in [1.807, 2.05) is 13.8 Å². The molecule has 4 nitrogen and oxygen atoms in total. The van der Waals surface area contributed by atoms with E-state index in [4.69, 9.17) is 9.84 Å². The second kappa shape index (κ2) is 5.97. The third kappa shape index (κ3) is 4.31. The SMILES string of the molecule is CCC(NCC(C)OC)C(=O)O. The third-order valence-corrected chi connectivity index (χ3v) is 1.76. The monoisotopic (exact) mass is 175 g/mol. The summed E-state index contributed by atoms with van der Waals surface area (Å²) in [6.07, 6.45) is 0.643. The fourth-order valence-corrected chi connectivity index (χ4v) is 0.798. The Balaban J connectivity index is 3.65. The molecule has 0 aliphatic heterocycles. The van der Waals surface area contributed by atoms with Crippen molar-refractivity contribution < 1.29 is 14.6 Å². The molecule has 0 aromatic heterocycles. The Morgan fingerprint density at radius 2 is 2.25 bits per heavy atom. The molecule has 0 aliphatic rings. The van der Waals surface area contributed by atoms with E-state index < -0.39 is 12.0 Å². The number of hydrogen-bond acceptors (Lipinski definition) is 3. The Hall–Kier alpha value is -0.610. The molecule has 72 valence electrons. The molecule has 0 saturated carbocycles. The van der Waals surface area contributed by atoms with Crippen LogP contribution in [0.1, 0.15) is 20.3 Å². The fraction of sp³-hybridized carbons (Fsp3) is 0.875. The molecule has 0 amide bonds. The first kappa shape index (κ1) is 11.4. The van der Waals surface area contributed by atoms with Crippen LogP contribution < -0.4 is 5.32 Å². The van der Waals surface area contributed by atoms with Crippen molar-refractivity contribution in [2.45, 2.75) is 32.4 Å². The summed E-state index contributed by atoms with van der Waals surface area (Å²) in [5, 5.41) is 11.6. The molecule has 0 rings (SSSR count). The van der Waals surface area contributed by atoms with E-state index in [0.29, 0.717) is 13.0 Å². The van der Waals surface area contributed by atoms with Gasteiger partial charge >= 0.3 is 5.97 Å². The quantitative estimate of drug-likeness (QED) is 0.616. The number of ether oxygens (including phenoxy) is 1.